The molecule has 0 aliphatic heterocycles. The average molecular weight is 258 g/mol. The standard InChI is InChI=1S/C13H18N6/c1-9-5-3-4-6-10(9)7-19(2)8-11-16-12(14)18-13(15)17-11/h3-6H,7-8H2,1-2H3,(H4,14,15,16,17,18). The van der Waals surface area contributed by atoms with E-state index in [1.807, 2.05) is 19.2 Å². The van der Waals surface area contributed by atoms with Gasteiger partial charge >= 0.3 is 0 Å². The number of hydrogen-bond acceptors (Lipinski definition) is 6. The van der Waals surface area contributed by atoms with Crippen LogP contribution in [-0.4, -0.2) is 26.9 Å². The van der Waals surface area contributed by atoms with Crippen LogP contribution in [0.4, 0.5) is 11.9 Å². The van der Waals surface area contributed by atoms with Gasteiger partial charge in [-0.15, -0.1) is 0 Å². The number of rotatable bonds is 4. The molecule has 0 saturated carbocycles. The van der Waals surface area contributed by atoms with Gasteiger partial charge in [0.15, 0.2) is 0 Å². The fraction of sp³-hybridized carbons (Fsp3) is 0.308. The van der Waals surface area contributed by atoms with Crippen LogP contribution in [-0.2, 0) is 13.1 Å². The van der Waals surface area contributed by atoms with Gasteiger partial charge in [-0.2, -0.15) is 15.0 Å². The number of hydrogen-bond donors (Lipinski definition) is 2. The number of nitrogen functional groups attached to an aromatic ring is 2. The first-order valence-electron chi connectivity index (χ1n) is 6.03. The van der Waals surface area contributed by atoms with E-state index in [9.17, 15) is 0 Å². The molecule has 0 bridgehead atoms. The lowest BCUT2D eigenvalue weighted by Crippen LogP contribution is -2.20. The van der Waals surface area contributed by atoms with E-state index < -0.39 is 0 Å². The van der Waals surface area contributed by atoms with Gasteiger partial charge in [0.2, 0.25) is 11.9 Å². The van der Waals surface area contributed by atoms with Gasteiger partial charge < -0.3 is 11.5 Å². The van der Waals surface area contributed by atoms with Gasteiger partial charge in [-0.3, -0.25) is 4.90 Å². The molecule has 0 atom stereocenters. The molecule has 0 unspecified atom stereocenters. The predicted molar refractivity (Wildman–Crippen MR) is 75.0 cm³/mol. The molecule has 0 aliphatic rings. The summed E-state index contributed by atoms with van der Waals surface area (Å²) in [6.45, 7) is 3.49. The van der Waals surface area contributed by atoms with E-state index in [0.717, 1.165) is 6.54 Å². The highest BCUT2D eigenvalue weighted by Gasteiger charge is 2.07. The molecule has 0 fully saturated rings. The van der Waals surface area contributed by atoms with E-state index >= 15 is 0 Å². The van der Waals surface area contributed by atoms with Crippen molar-refractivity contribution in [3.63, 3.8) is 0 Å². The van der Waals surface area contributed by atoms with Crippen LogP contribution in [0, 0.1) is 6.92 Å². The van der Waals surface area contributed by atoms with Gasteiger partial charge in [-0.25, -0.2) is 0 Å². The molecule has 0 amide bonds. The maximum atomic E-state index is 5.55. The SMILES string of the molecule is Cc1ccccc1CN(C)Cc1nc(N)nc(N)n1. The highest BCUT2D eigenvalue weighted by Crippen LogP contribution is 2.11. The second-order valence-corrected chi connectivity index (χ2v) is 4.57. The number of aryl methyl sites for hydroxylation is 1. The molecule has 1 aromatic heterocycles. The molecular formula is C13H18N6. The summed E-state index contributed by atoms with van der Waals surface area (Å²) in [6.07, 6.45) is 0. The van der Waals surface area contributed by atoms with Gasteiger partial charge in [0.1, 0.15) is 5.82 Å². The molecule has 0 aliphatic carbocycles. The summed E-state index contributed by atoms with van der Waals surface area (Å²) in [5, 5.41) is 0. The van der Waals surface area contributed by atoms with Crippen molar-refractivity contribution in [2.24, 2.45) is 0 Å². The molecule has 6 heteroatoms. The van der Waals surface area contributed by atoms with Crippen LogP contribution >= 0.6 is 0 Å². The fourth-order valence-corrected chi connectivity index (χ4v) is 1.90. The normalized spacial score (nSPS) is 10.9. The first kappa shape index (κ1) is 13.2. The minimum Gasteiger partial charge on any atom is -0.368 e. The first-order chi connectivity index (χ1) is 9.04. The Morgan fingerprint density at radius 3 is 2.26 bits per heavy atom. The molecule has 6 nitrogen and oxygen atoms in total. The van der Waals surface area contributed by atoms with Crippen LogP contribution in [0.5, 0.6) is 0 Å². The van der Waals surface area contributed by atoms with E-state index in [1.165, 1.54) is 11.1 Å². The van der Waals surface area contributed by atoms with Crippen LogP contribution < -0.4 is 11.5 Å². The third-order valence-corrected chi connectivity index (χ3v) is 2.83. The largest absolute Gasteiger partial charge is 0.368 e. The van der Waals surface area contributed by atoms with Gasteiger partial charge in [0.05, 0.1) is 6.54 Å². The van der Waals surface area contributed by atoms with Crippen molar-refractivity contribution >= 4 is 11.9 Å². The zero-order chi connectivity index (χ0) is 13.8. The molecule has 4 N–H and O–H groups in total. The summed E-state index contributed by atoms with van der Waals surface area (Å²) in [5.41, 5.74) is 13.6. The highest BCUT2D eigenvalue weighted by molar-refractivity contribution is 5.27. The lowest BCUT2D eigenvalue weighted by atomic mass is 10.1. The summed E-state index contributed by atoms with van der Waals surface area (Å²) in [6, 6.07) is 8.28. The second kappa shape index (κ2) is 5.62. The Kier molecular flexibility index (Phi) is 3.91. The zero-order valence-electron chi connectivity index (χ0n) is 11.2. The lowest BCUT2D eigenvalue weighted by Gasteiger charge is -2.17. The maximum Gasteiger partial charge on any atom is 0.225 e. The van der Waals surface area contributed by atoms with Crippen molar-refractivity contribution in [1.29, 1.82) is 0 Å². The Balaban J connectivity index is 2.05. The minimum atomic E-state index is 0.159. The smallest absolute Gasteiger partial charge is 0.225 e. The van der Waals surface area contributed by atoms with Gasteiger partial charge in [-0.1, -0.05) is 24.3 Å². The molecular weight excluding hydrogens is 240 g/mol. The van der Waals surface area contributed by atoms with Crippen molar-refractivity contribution in [3.05, 3.63) is 41.2 Å². The number of nitrogens with two attached hydrogens (primary N) is 2. The molecule has 100 valence electrons. The second-order valence-electron chi connectivity index (χ2n) is 4.57. The van der Waals surface area contributed by atoms with E-state index in [0.29, 0.717) is 12.4 Å². The Bertz CT molecular complexity index is 549. The van der Waals surface area contributed by atoms with E-state index in [2.05, 4.69) is 38.9 Å². The van der Waals surface area contributed by atoms with Crippen LogP contribution in [0.2, 0.25) is 0 Å². The number of aromatic nitrogens is 3. The van der Waals surface area contributed by atoms with E-state index in [4.69, 9.17) is 11.5 Å². The van der Waals surface area contributed by atoms with Crippen LogP contribution in [0.15, 0.2) is 24.3 Å². The van der Waals surface area contributed by atoms with E-state index in [1.54, 1.807) is 0 Å². The topological polar surface area (TPSA) is 94.0 Å². The molecule has 2 aromatic rings. The van der Waals surface area contributed by atoms with Crippen LogP contribution in [0.25, 0.3) is 0 Å². The molecule has 0 spiro atoms. The third kappa shape index (κ3) is 3.62. The van der Waals surface area contributed by atoms with Crippen molar-refractivity contribution in [2.45, 2.75) is 20.0 Å². The summed E-state index contributed by atoms with van der Waals surface area (Å²) in [7, 11) is 2.00. The number of nitrogens with zero attached hydrogens (tertiary/aromatic N) is 4. The van der Waals surface area contributed by atoms with Crippen molar-refractivity contribution < 1.29 is 0 Å². The summed E-state index contributed by atoms with van der Waals surface area (Å²) in [4.78, 5) is 14.0. The van der Waals surface area contributed by atoms with Gasteiger partial charge in [-0.05, 0) is 25.1 Å². The predicted octanol–water partition coefficient (Wildman–Crippen LogP) is 0.976. The quantitative estimate of drug-likeness (QED) is 0.849. The minimum absolute atomic E-state index is 0.159. The highest BCUT2D eigenvalue weighted by atomic mass is 15.2. The maximum absolute atomic E-state index is 5.55. The third-order valence-electron chi connectivity index (χ3n) is 2.83. The van der Waals surface area contributed by atoms with E-state index in [-0.39, 0.29) is 11.9 Å². The van der Waals surface area contributed by atoms with Gasteiger partial charge in [0, 0.05) is 6.54 Å². The summed E-state index contributed by atoms with van der Waals surface area (Å²) in [5.74, 6) is 0.902. The Morgan fingerprint density at radius 2 is 1.63 bits per heavy atom. The number of anilines is 2. The molecule has 0 radical (unpaired) electrons. The lowest BCUT2D eigenvalue weighted by molar-refractivity contribution is 0.310. The first-order valence-corrected chi connectivity index (χ1v) is 6.03. The molecule has 0 saturated heterocycles. The van der Waals surface area contributed by atoms with Crippen LogP contribution in [0.3, 0.4) is 0 Å². The molecule has 1 aromatic carbocycles. The van der Waals surface area contributed by atoms with Crippen molar-refractivity contribution in [3.8, 4) is 0 Å². The zero-order valence-corrected chi connectivity index (χ0v) is 11.2. The monoisotopic (exact) mass is 258 g/mol. The number of benzene rings is 1. The van der Waals surface area contributed by atoms with Crippen molar-refractivity contribution in [2.75, 3.05) is 18.5 Å². The molecule has 2 rings (SSSR count). The molecule has 1 heterocycles. The summed E-state index contributed by atoms with van der Waals surface area (Å²) < 4.78 is 0. The molecule has 19 heavy (non-hydrogen) atoms. The van der Waals surface area contributed by atoms with Crippen LogP contribution in [0.1, 0.15) is 17.0 Å². The van der Waals surface area contributed by atoms with Gasteiger partial charge in [0.25, 0.3) is 0 Å². The van der Waals surface area contributed by atoms with Crippen molar-refractivity contribution in [1.82, 2.24) is 19.9 Å². The Labute approximate surface area is 112 Å². The average Bonchev–Trinajstić information content (AvgIpc) is 2.30. The fourth-order valence-electron chi connectivity index (χ4n) is 1.90. The Hall–Kier alpha value is -2.21. The summed E-state index contributed by atoms with van der Waals surface area (Å²) >= 11 is 0. The Morgan fingerprint density at radius 1 is 1.00 bits per heavy atom.